The first-order chi connectivity index (χ1) is 10.0. The van der Waals surface area contributed by atoms with Gasteiger partial charge in [0.25, 0.3) is 5.89 Å². The minimum Gasteiger partial charge on any atom is -0.398 e. The van der Waals surface area contributed by atoms with Crippen molar-refractivity contribution in [3.8, 4) is 22.8 Å². The molecular formula is C14H8BrCl2N3O. The summed E-state index contributed by atoms with van der Waals surface area (Å²) in [5.74, 6) is 0.843. The van der Waals surface area contributed by atoms with Crippen molar-refractivity contribution >= 4 is 44.8 Å². The summed E-state index contributed by atoms with van der Waals surface area (Å²) in [4.78, 5) is 4.35. The number of nitrogen functional groups attached to an aromatic ring is 1. The number of hydrogen-bond donors (Lipinski definition) is 1. The van der Waals surface area contributed by atoms with Gasteiger partial charge in [-0.05, 0) is 52.3 Å². The molecule has 3 aromatic rings. The van der Waals surface area contributed by atoms with Gasteiger partial charge in [-0.25, -0.2) is 0 Å². The summed E-state index contributed by atoms with van der Waals surface area (Å²) in [6, 6.07) is 10.6. The lowest BCUT2D eigenvalue weighted by Gasteiger charge is -1.99. The van der Waals surface area contributed by atoms with E-state index in [9.17, 15) is 0 Å². The standard InChI is InChI=1S/C14H8BrCl2N3O/c15-9-5-7(1-3-10(9)16)13-19-14(21-20-13)8-2-4-11(17)12(18)6-8/h1-6H,18H2. The van der Waals surface area contributed by atoms with Gasteiger partial charge in [0.1, 0.15) is 0 Å². The molecule has 0 unspecified atom stereocenters. The predicted octanol–water partition coefficient (Wildman–Crippen LogP) is 5.06. The second kappa shape index (κ2) is 5.67. The van der Waals surface area contributed by atoms with E-state index in [1.807, 2.05) is 12.1 Å². The number of aromatic nitrogens is 2. The maximum absolute atomic E-state index is 5.96. The average molecular weight is 385 g/mol. The molecule has 0 aliphatic carbocycles. The van der Waals surface area contributed by atoms with E-state index < -0.39 is 0 Å². The zero-order chi connectivity index (χ0) is 15.0. The fourth-order valence-corrected chi connectivity index (χ4v) is 2.38. The summed E-state index contributed by atoms with van der Waals surface area (Å²) in [6.45, 7) is 0. The Balaban J connectivity index is 1.99. The van der Waals surface area contributed by atoms with Crippen LogP contribution in [0.25, 0.3) is 22.8 Å². The Morgan fingerprint density at radius 3 is 2.43 bits per heavy atom. The minimum atomic E-state index is 0.374. The van der Waals surface area contributed by atoms with Gasteiger partial charge in [0.15, 0.2) is 0 Å². The maximum Gasteiger partial charge on any atom is 0.258 e. The van der Waals surface area contributed by atoms with Gasteiger partial charge in [0, 0.05) is 15.6 Å². The highest BCUT2D eigenvalue weighted by Crippen LogP contribution is 2.30. The summed E-state index contributed by atoms with van der Waals surface area (Å²) >= 11 is 15.2. The molecule has 0 aliphatic heterocycles. The van der Waals surface area contributed by atoms with Crippen LogP contribution in [-0.2, 0) is 0 Å². The average Bonchev–Trinajstić information content (AvgIpc) is 2.94. The highest BCUT2D eigenvalue weighted by Gasteiger charge is 2.12. The van der Waals surface area contributed by atoms with Gasteiger partial charge in [-0.3, -0.25) is 0 Å². The van der Waals surface area contributed by atoms with Crippen molar-refractivity contribution in [2.45, 2.75) is 0 Å². The summed E-state index contributed by atoms with van der Waals surface area (Å²) in [7, 11) is 0. The van der Waals surface area contributed by atoms with Crippen molar-refractivity contribution in [2.75, 3.05) is 5.73 Å². The molecule has 0 saturated carbocycles. The molecule has 4 nitrogen and oxygen atoms in total. The van der Waals surface area contributed by atoms with Crippen LogP contribution in [0.15, 0.2) is 45.4 Å². The quantitative estimate of drug-likeness (QED) is 0.627. The smallest absolute Gasteiger partial charge is 0.258 e. The maximum atomic E-state index is 5.96. The van der Waals surface area contributed by atoms with E-state index in [0.29, 0.717) is 33.0 Å². The Kier molecular flexibility index (Phi) is 3.89. The second-order valence-corrected chi connectivity index (χ2v) is 5.96. The third-order valence-electron chi connectivity index (χ3n) is 2.85. The topological polar surface area (TPSA) is 64.9 Å². The van der Waals surface area contributed by atoms with Gasteiger partial charge in [-0.15, -0.1) is 0 Å². The first-order valence-electron chi connectivity index (χ1n) is 5.89. The molecular weight excluding hydrogens is 377 g/mol. The van der Waals surface area contributed by atoms with Crippen LogP contribution < -0.4 is 5.73 Å². The number of benzene rings is 2. The summed E-state index contributed by atoms with van der Waals surface area (Å²) in [5, 5.41) is 5.07. The zero-order valence-electron chi connectivity index (χ0n) is 10.5. The van der Waals surface area contributed by atoms with Crippen molar-refractivity contribution < 1.29 is 4.52 Å². The molecule has 0 fully saturated rings. The van der Waals surface area contributed by atoms with Gasteiger partial charge < -0.3 is 10.3 Å². The molecule has 0 atom stereocenters. The fraction of sp³-hybridized carbons (Fsp3) is 0. The summed E-state index contributed by atoms with van der Waals surface area (Å²) in [5.41, 5.74) is 7.74. The van der Waals surface area contributed by atoms with Crippen molar-refractivity contribution in [1.82, 2.24) is 10.1 Å². The largest absolute Gasteiger partial charge is 0.398 e. The normalized spacial score (nSPS) is 10.8. The Morgan fingerprint density at radius 2 is 1.71 bits per heavy atom. The predicted molar refractivity (Wildman–Crippen MR) is 87.3 cm³/mol. The lowest BCUT2D eigenvalue weighted by Crippen LogP contribution is -1.87. The molecule has 0 radical (unpaired) electrons. The van der Waals surface area contributed by atoms with Crippen LogP contribution in [0.2, 0.25) is 10.0 Å². The number of hydrogen-bond acceptors (Lipinski definition) is 4. The van der Waals surface area contributed by atoms with E-state index in [4.69, 9.17) is 33.5 Å². The molecule has 0 spiro atoms. The zero-order valence-corrected chi connectivity index (χ0v) is 13.6. The number of halogens is 3. The Labute approximate surface area is 139 Å². The minimum absolute atomic E-state index is 0.374. The molecule has 0 amide bonds. The molecule has 0 aliphatic rings. The van der Waals surface area contributed by atoms with Crippen molar-refractivity contribution in [2.24, 2.45) is 0 Å². The second-order valence-electron chi connectivity index (χ2n) is 4.29. The van der Waals surface area contributed by atoms with Crippen LogP contribution in [-0.4, -0.2) is 10.1 Å². The highest BCUT2D eigenvalue weighted by molar-refractivity contribution is 9.10. The van der Waals surface area contributed by atoms with Crippen LogP contribution in [0, 0.1) is 0 Å². The molecule has 2 N–H and O–H groups in total. The van der Waals surface area contributed by atoms with Gasteiger partial charge in [-0.2, -0.15) is 4.98 Å². The summed E-state index contributed by atoms with van der Waals surface area (Å²) in [6.07, 6.45) is 0. The van der Waals surface area contributed by atoms with Gasteiger partial charge >= 0.3 is 0 Å². The molecule has 1 heterocycles. The van der Waals surface area contributed by atoms with Crippen molar-refractivity contribution in [3.63, 3.8) is 0 Å². The van der Waals surface area contributed by atoms with Crippen LogP contribution in [0.4, 0.5) is 5.69 Å². The first-order valence-corrected chi connectivity index (χ1v) is 7.44. The fourth-order valence-electron chi connectivity index (χ4n) is 1.77. The number of nitrogens with zero attached hydrogens (tertiary/aromatic N) is 2. The Morgan fingerprint density at radius 1 is 1.00 bits per heavy atom. The molecule has 3 rings (SSSR count). The van der Waals surface area contributed by atoms with Gasteiger partial charge in [0.2, 0.25) is 5.82 Å². The van der Waals surface area contributed by atoms with E-state index in [1.54, 1.807) is 24.3 Å². The van der Waals surface area contributed by atoms with Gasteiger partial charge in [0.05, 0.1) is 15.7 Å². The van der Waals surface area contributed by atoms with Crippen LogP contribution in [0.3, 0.4) is 0 Å². The van der Waals surface area contributed by atoms with Crippen LogP contribution in [0.5, 0.6) is 0 Å². The molecule has 0 bridgehead atoms. The third-order valence-corrected chi connectivity index (χ3v) is 4.40. The molecule has 106 valence electrons. The Hall–Kier alpha value is -1.56. The van der Waals surface area contributed by atoms with E-state index in [2.05, 4.69) is 26.1 Å². The molecule has 0 saturated heterocycles. The first kappa shape index (κ1) is 14.4. The van der Waals surface area contributed by atoms with Crippen LogP contribution >= 0.6 is 39.1 Å². The van der Waals surface area contributed by atoms with E-state index in [0.717, 1.165) is 10.0 Å². The van der Waals surface area contributed by atoms with Crippen molar-refractivity contribution in [3.05, 3.63) is 50.9 Å². The van der Waals surface area contributed by atoms with Gasteiger partial charge in [-0.1, -0.05) is 28.4 Å². The molecule has 2 aromatic carbocycles. The number of nitrogens with two attached hydrogens (primary N) is 1. The monoisotopic (exact) mass is 383 g/mol. The number of rotatable bonds is 2. The molecule has 7 heteroatoms. The van der Waals surface area contributed by atoms with E-state index in [1.165, 1.54) is 0 Å². The third kappa shape index (κ3) is 2.90. The lowest BCUT2D eigenvalue weighted by atomic mass is 10.2. The number of anilines is 1. The Bertz CT molecular complexity index is 754. The SMILES string of the molecule is Nc1cc(-c2nc(-c3ccc(Cl)c(Br)c3)no2)ccc1Cl. The highest BCUT2D eigenvalue weighted by atomic mass is 79.9. The molecule has 1 aromatic heterocycles. The van der Waals surface area contributed by atoms with Crippen molar-refractivity contribution in [1.29, 1.82) is 0 Å². The lowest BCUT2D eigenvalue weighted by molar-refractivity contribution is 0.432. The van der Waals surface area contributed by atoms with E-state index >= 15 is 0 Å². The molecule has 21 heavy (non-hydrogen) atoms. The van der Waals surface area contributed by atoms with Crippen LogP contribution in [0.1, 0.15) is 0 Å². The van der Waals surface area contributed by atoms with E-state index in [-0.39, 0.29) is 0 Å². The summed E-state index contributed by atoms with van der Waals surface area (Å²) < 4.78 is 6.03.